The van der Waals surface area contributed by atoms with Gasteiger partial charge in [-0.3, -0.25) is 4.79 Å². The predicted octanol–water partition coefficient (Wildman–Crippen LogP) is 2.52. The van der Waals surface area contributed by atoms with Crippen LogP contribution in [-0.2, 0) is 6.54 Å². The number of hydrogen-bond donors (Lipinski definition) is 2. The summed E-state index contributed by atoms with van der Waals surface area (Å²) in [6, 6.07) is 0. The molecule has 2 rings (SSSR count). The minimum Gasteiger partial charge on any atom is -0.396 e. The molecule has 0 radical (unpaired) electrons. The third kappa shape index (κ3) is 4.20. The molecule has 0 aliphatic heterocycles. The number of nitrogens with zero attached hydrogens (tertiary/aromatic N) is 2. The van der Waals surface area contributed by atoms with Crippen LogP contribution in [0.1, 0.15) is 39.0 Å². The van der Waals surface area contributed by atoms with Gasteiger partial charge in [-0.25, -0.2) is 4.68 Å². The molecule has 6 heteroatoms. The molecule has 0 amide bonds. The van der Waals surface area contributed by atoms with Gasteiger partial charge in [0.2, 0.25) is 0 Å². The maximum Gasteiger partial charge on any atom is 0.291 e. The van der Waals surface area contributed by atoms with Gasteiger partial charge in [-0.15, -0.1) is 0 Å². The molecule has 1 aliphatic rings. The van der Waals surface area contributed by atoms with E-state index in [0.29, 0.717) is 35.6 Å². The van der Waals surface area contributed by atoms with Crippen LogP contribution in [0.5, 0.6) is 0 Å². The van der Waals surface area contributed by atoms with Crippen molar-refractivity contribution in [2.45, 2.75) is 45.6 Å². The highest BCUT2D eigenvalue weighted by molar-refractivity contribution is 6.32. The van der Waals surface area contributed by atoms with Gasteiger partial charge in [-0.2, -0.15) is 5.10 Å². The summed E-state index contributed by atoms with van der Waals surface area (Å²) in [7, 11) is 0. The first-order valence-electron chi connectivity index (χ1n) is 7.76. The Morgan fingerprint density at radius 2 is 2.33 bits per heavy atom. The normalized spacial score (nSPS) is 16.5. The summed E-state index contributed by atoms with van der Waals surface area (Å²) in [5.74, 6) is 0.903. The fraction of sp³-hybridized carbons (Fsp3) is 0.733. The molecule has 2 N–H and O–H groups in total. The molecule has 0 aromatic carbocycles. The fourth-order valence-electron chi connectivity index (χ4n) is 2.56. The molecule has 118 valence electrons. The van der Waals surface area contributed by atoms with E-state index in [1.165, 1.54) is 30.1 Å². The van der Waals surface area contributed by atoms with Crippen molar-refractivity contribution >= 4 is 17.3 Å². The average molecular weight is 314 g/mol. The van der Waals surface area contributed by atoms with Crippen LogP contribution in [0.25, 0.3) is 0 Å². The van der Waals surface area contributed by atoms with Gasteiger partial charge >= 0.3 is 0 Å². The maximum absolute atomic E-state index is 12.4. The van der Waals surface area contributed by atoms with E-state index in [2.05, 4.69) is 17.3 Å². The van der Waals surface area contributed by atoms with Gasteiger partial charge in [0.05, 0.1) is 11.2 Å². The standard InChI is InChI=1S/C15H24ClN3O2/c1-2-11(6-7-20)8-17-14-13(16)9-18-19(15(14)21)10-12-4-3-5-12/h9,11-12,17,20H,2-8,10H2,1H3. The lowest BCUT2D eigenvalue weighted by molar-refractivity contribution is 0.257. The number of hydrogen-bond acceptors (Lipinski definition) is 4. The number of aliphatic hydroxyl groups is 1. The molecule has 0 saturated heterocycles. The number of anilines is 1. The first-order chi connectivity index (χ1) is 10.2. The van der Waals surface area contributed by atoms with Crippen molar-refractivity contribution in [1.82, 2.24) is 9.78 Å². The highest BCUT2D eigenvalue weighted by Crippen LogP contribution is 2.27. The first-order valence-corrected chi connectivity index (χ1v) is 8.13. The van der Waals surface area contributed by atoms with Crippen molar-refractivity contribution in [2.24, 2.45) is 11.8 Å². The average Bonchev–Trinajstić information content (AvgIpc) is 2.43. The van der Waals surface area contributed by atoms with Crippen molar-refractivity contribution in [3.05, 3.63) is 21.6 Å². The molecule has 1 unspecified atom stereocenters. The van der Waals surface area contributed by atoms with Crippen molar-refractivity contribution < 1.29 is 5.11 Å². The summed E-state index contributed by atoms with van der Waals surface area (Å²) in [5, 5.41) is 16.7. The van der Waals surface area contributed by atoms with Crippen LogP contribution in [0, 0.1) is 11.8 Å². The molecule has 1 fully saturated rings. The minimum absolute atomic E-state index is 0.145. The molecule has 21 heavy (non-hydrogen) atoms. The Bertz CT molecular complexity index is 514. The summed E-state index contributed by atoms with van der Waals surface area (Å²) in [4.78, 5) is 12.4. The molecule has 0 bridgehead atoms. The quantitative estimate of drug-likeness (QED) is 0.774. The summed E-state index contributed by atoms with van der Waals surface area (Å²) in [6.45, 7) is 3.55. The monoisotopic (exact) mass is 313 g/mol. The Kier molecular flexibility index (Phi) is 6.06. The van der Waals surface area contributed by atoms with Crippen molar-refractivity contribution in [3.63, 3.8) is 0 Å². The number of aromatic nitrogens is 2. The van der Waals surface area contributed by atoms with E-state index < -0.39 is 0 Å². The van der Waals surface area contributed by atoms with Crippen LogP contribution in [-0.4, -0.2) is 28.0 Å². The van der Waals surface area contributed by atoms with Crippen molar-refractivity contribution in [2.75, 3.05) is 18.5 Å². The van der Waals surface area contributed by atoms with Crippen LogP contribution >= 0.6 is 11.6 Å². The van der Waals surface area contributed by atoms with E-state index in [4.69, 9.17) is 16.7 Å². The fourth-order valence-corrected chi connectivity index (χ4v) is 2.75. The Labute approximate surface area is 130 Å². The predicted molar refractivity (Wildman–Crippen MR) is 84.8 cm³/mol. The zero-order valence-corrected chi connectivity index (χ0v) is 13.3. The van der Waals surface area contributed by atoms with Gasteiger partial charge in [0.25, 0.3) is 5.56 Å². The zero-order chi connectivity index (χ0) is 15.2. The summed E-state index contributed by atoms with van der Waals surface area (Å²) in [5.41, 5.74) is 0.288. The topological polar surface area (TPSA) is 67.2 Å². The van der Waals surface area contributed by atoms with Gasteiger partial charge in [-0.1, -0.05) is 31.4 Å². The number of halogens is 1. The molecule has 1 aromatic heterocycles. The summed E-state index contributed by atoms with van der Waals surface area (Å²) >= 11 is 6.10. The summed E-state index contributed by atoms with van der Waals surface area (Å²) < 4.78 is 1.52. The highest BCUT2D eigenvalue weighted by atomic mass is 35.5. The molecule has 1 aliphatic carbocycles. The van der Waals surface area contributed by atoms with Gasteiger partial charge in [0.15, 0.2) is 0 Å². The molecule has 1 heterocycles. The lowest BCUT2D eigenvalue weighted by atomic mass is 9.85. The number of nitrogens with one attached hydrogen (secondary N) is 1. The lowest BCUT2D eigenvalue weighted by Gasteiger charge is -2.25. The van der Waals surface area contributed by atoms with Crippen LogP contribution in [0.15, 0.2) is 11.0 Å². The van der Waals surface area contributed by atoms with Crippen LogP contribution in [0.2, 0.25) is 5.02 Å². The van der Waals surface area contributed by atoms with Gasteiger partial charge < -0.3 is 10.4 Å². The highest BCUT2D eigenvalue weighted by Gasteiger charge is 2.20. The van der Waals surface area contributed by atoms with E-state index in [1.807, 2.05) is 0 Å². The van der Waals surface area contributed by atoms with Gasteiger partial charge in [-0.05, 0) is 31.1 Å². The van der Waals surface area contributed by atoms with Crippen molar-refractivity contribution in [3.8, 4) is 0 Å². The maximum atomic E-state index is 12.4. The molecule has 1 atom stereocenters. The van der Waals surface area contributed by atoms with E-state index >= 15 is 0 Å². The van der Waals surface area contributed by atoms with E-state index in [9.17, 15) is 4.79 Å². The van der Waals surface area contributed by atoms with E-state index in [0.717, 1.165) is 12.8 Å². The summed E-state index contributed by atoms with van der Waals surface area (Å²) in [6.07, 6.45) is 6.81. The first kappa shape index (κ1) is 16.3. The molecule has 5 nitrogen and oxygen atoms in total. The third-order valence-corrected chi connectivity index (χ3v) is 4.62. The smallest absolute Gasteiger partial charge is 0.291 e. The van der Waals surface area contributed by atoms with E-state index in [-0.39, 0.29) is 12.2 Å². The Balaban J connectivity index is 2.06. The minimum atomic E-state index is -0.145. The molecule has 0 spiro atoms. The Morgan fingerprint density at radius 1 is 1.57 bits per heavy atom. The molecule has 1 saturated carbocycles. The SMILES string of the molecule is CCC(CCO)CNc1c(Cl)cnn(CC2CCC2)c1=O. The molecular formula is C15H24ClN3O2. The Hall–Kier alpha value is -1.07. The van der Waals surface area contributed by atoms with Crippen molar-refractivity contribution in [1.29, 1.82) is 0 Å². The number of aliphatic hydroxyl groups excluding tert-OH is 1. The second-order valence-electron chi connectivity index (χ2n) is 5.82. The third-order valence-electron chi connectivity index (χ3n) is 4.34. The zero-order valence-electron chi connectivity index (χ0n) is 12.5. The lowest BCUT2D eigenvalue weighted by Crippen LogP contribution is -2.31. The van der Waals surface area contributed by atoms with Gasteiger partial charge in [0, 0.05) is 19.7 Å². The Morgan fingerprint density at radius 3 is 2.90 bits per heavy atom. The largest absolute Gasteiger partial charge is 0.396 e. The van der Waals surface area contributed by atoms with Crippen LogP contribution in [0.4, 0.5) is 5.69 Å². The van der Waals surface area contributed by atoms with E-state index in [1.54, 1.807) is 0 Å². The van der Waals surface area contributed by atoms with Gasteiger partial charge in [0.1, 0.15) is 5.69 Å². The number of rotatable bonds is 8. The van der Waals surface area contributed by atoms with Crippen LogP contribution in [0.3, 0.4) is 0 Å². The molecular weight excluding hydrogens is 290 g/mol. The van der Waals surface area contributed by atoms with Crippen LogP contribution < -0.4 is 10.9 Å². The molecule has 1 aromatic rings. The second kappa shape index (κ2) is 7.80. The second-order valence-corrected chi connectivity index (χ2v) is 6.23.